The zero-order valence-corrected chi connectivity index (χ0v) is 14.4. The SMILES string of the molecule is CCCCNc1nc(N)nc2ccn(Cc3cccc(CC)c3)c12. The molecule has 2 heterocycles. The molecule has 0 fully saturated rings. The van der Waals surface area contributed by atoms with Gasteiger partial charge < -0.3 is 15.6 Å². The number of rotatable bonds is 7. The van der Waals surface area contributed by atoms with E-state index in [9.17, 15) is 0 Å². The number of unbranched alkanes of at least 4 members (excludes halogenated alkanes) is 1. The first-order chi connectivity index (χ1) is 11.7. The number of fused-ring (bicyclic) bond motifs is 1. The summed E-state index contributed by atoms with van der Waals surface area (Å²) < 4.78 is 2.19. The first-order valence-corrected chi connectivity index (χ1v) is 8.65. The first-order valence-electron chi connectivity index (χ1n) is 8.65. The molecule has 5 nitrogen and oxygen atoms in total. The van der Waals surface area contributed by atoms with Crippen molar-refractivity contribution in [2.75, 3.05) is 17.6 Å². The van der Waals surface area contributed by atoms with Crippen molar-refractivity contribution in [1.29, 1.82) is 0 Å². The average molecular weight is 323 g/mol. The number of hydrogen-bond donors (Lipinski definition) is 2. The Morgan fingerprint density at radius 1 is 1.12 bits per heavy atom. The van der Waals surface area contributed by atoms with Crippen molar-refractivity contribution in [3.8, 4) is 0 Å². The summed E-state index contributed by atoms with van der Waals surface area (Å²) in [6.45, 7) is 6.04. The first kappa shape index (κ1) is 16.3. The van der Waals surface area contributed by atoms with Gasteiger partial charge in [-0.05, 0) is 30.0 Å². The van der Waals surface area contributed by atoms with Crippen LogP contribution in [0.4, 0.5) is 11.8 Å². The average Bonchev–Trinajstić information content (AvgIpc) is 2.98. The molecule has 1 aromatic carbocycles. The van der Waals surface area contributed by atoms with Crippen LogP contribution in [0.5, 0.6) is 0 Å². The van der Waals surface area contributed by atoms with Crippen molar-refractivity contribution in [1.82, 2.24) is 14.5 Å². The summed E-state index contributed by atoms with van der Waals surface area (Å²) in [5.74, 6) is 1.13. The van der Waals surface area contributed by atoms with E-state index in [-0.39, 0.29) is 0 Å². The van der Waals surface area contributed by atoms with E-state index in [1.165, 1.54) is 11.1 Å². The van der Waals surface area contributed by atoms with Gasteiger partial charge in [0, 0.05) is 19.3 Å². The summed E-state index contributed by atoms with van der Waals surface area (Å²) in [6.07, 6.45) is 5.35. The monoisotopic (exact) mass is 323 g/mol. The van der Waals surface area contributed by atoms with Crippen LogP contribution >= 0.6 is 0 Å². The zero-order chi connectivity index (χ0) is 16.9. The molecule has 0 aliphatic heterocycles. The normalized spacial score (nSPS) is 11.1. The molecule has 0 unspecified atom stereocenters. The predicted octanol–water partition coefficient (Wildman–Crippen LogP) is 3.84. The Labute approximate surface area is 142 Å². The van der Waals surface area contributed by atoms with Gasteiger partial charge in [-0.1, -0.05) is 44.5 Å². The molecule has 0 amide bonds. The Morgan fingerprint density at radius 2 is 1.96 bits per heavy atom. The molecule has 0 saturated heterocycles. The number of anilines is 2. The molecule has 0 atom stereocenters. The quantitative estimate of drug-likeness (QED) is 0.648. The van der Waals surface area contributed by atoms with E-state index < -0.39 is 0 Å². The number of aryl methyl sites for hydroxylation is 1. The van der Waals surface area contributed by atoms with Gasteiger partial charge in [-0.3, -0.25) is 0 Å². The minimum atomic E-state index is 0.312. The minimum absolute atomic E-state index is 0.312. The van der Waals surface area contributed by atoms with Crippen LogP contribution in [0.1, 0.15) is 37.8 Å². The number of hydrogen-bond acceptors (Lipinski definition) is 4. The number of aromatic nitrogens is 3. The topological polar surface area (TPSA) is 68.8 Å². The molecule has 0 bridgehead atoms. The summed E-state index contributed by atoms with van der Waals surface area (Å²) >= 11 is 0. The van der Waals surface area contributed by atoms with Gasteiger partial charge in [0.15, 0.2) is 5.82 Å². The molecule has 0 aliphatic rings. The van der Waals surface area contributed by atoms with E-state index in [0.717, 1.165) is 49.2 Å². The molecule has 126 valence electrons. The van der Waals surface area contributed by atoms with E-state index in [2.05, 4.69) is 64.2 Å². The summed E-state index contributed by atoms with van der Waals surface area (Å²) in [5.41, 5.74) is 10.4. The molecule has 0 aliphatic carbocycles. The highest BCUT2D eigenvalue weighted by molar-refractivity contribution is 5.87. The highest BCUT2D eigenvalue weighted by atomic mass is 15.1. The van der Waals surface area contributed by atoms with E-state index in [4.69, 9.17) is 5.73 Å². The fourth-order valence-electron chi connectivity index (χ4n) is 2.91. The van der Waals surface area contributed by atoms with Gasteiger partial charge in [0.2, 0.25) is 5.95 Å². The summed E-state index contributed by atoms with van der Waals surface area (Å²) in [7, 11) is 0. The number of nitrogens with two attached hydrogens (primary N) is 1. The smallest absolute Gasteiger partial charge is 0.222 e. The largest absolute Gasteiger partial charge is 0.368 e. The molecular weight excluding hydrogens is 298 g/mol. The Kier molecular flexibility index (Phi) is 4.99. The highest BCUT2D eigenvalue weighted by Gasteiger charge is 2.11. The zero-order valence-electron chi connectivity index (χ0n) is 14.4. The lowest BCUT2D eigenvalue weighted by atomic mass is 10.1. The number of benzene rings is 1. The van der Waals surface area contributed by atoms with Crippen LogP contribution in [0.3, 0.4) is 0 Å². The lowest BCUT2D eigenvalue weighted by molar-refractivity contribution is 0.819. The fourth-order valence-corrected chi connectivity index (χ4v) is 2.91. The van der Waals surface area contributed by atoms with Crippen LogP contribution in [0.2, 0.25) is 0 Å². The van der Waals surface area contributed by atoms with Crippen LogP contribution in [0.15, 0.2) is 36.5 Å². The van der Waals surface area contributed by atoms with Crippen molar-refractivity contribution in [3.05, 3.63) is 47.7 Å². The van der Waals surface area contributed by atoms with E-state index >= 15 is 0 Å². The molecule has 2 aromatic heterocycles. The number of nitrogen functional groups attached to an aromatic ring is 1. The van der Waals surface area contributed by atoms with Crippen LogP contribution in [-0.4, -0.2) is 21.1 Å². The second-order valence-electron chi connectivity index (χ2n) is 6.06. The molecule has 3 aromatic rings. The third kappa shape index (κ3) is 3.50. The third-order valence-electron chi connectivity index (χ3n) is 4.20. The standard InChI is InChI=1S/C19H25N5/c1-3-5-10-21-18-17-16(22-19(20)23-18)9-11-24(17)13-15-8-6-7-14(4-2)12-15/h6-9,11-12H,3-5,10,13H2,1-2H3,(H3,20,21,22,23). The van der Waals surface area contributed by atoms with Gasteiger partial charge >= 0.3 is 0 Å². The van der Waals surface area contributed by atoms with E-state index in [0.29, 0.717) is 5.95 Å². The van der Waals surface area contributed by atoms with Gasteiger partial charge in [-0.15, -0.1) is 0 Å². The van der Waals surface area contributed by atoms with Gasteiger partial charge in [-0.2, -0.15) is 4.98 Å². The second kappa shape index (κ2) is 7.34. The number of nitrogens with zero attached hydrogens (tertiary/aromatic N) is 3. The molecule has 24 heavy (non-hydrogen) atoms. The van der Waals surface area contributed by atoms with Crippen LogP contribution in [0.25, 0.3) is 11.0 Å². The lowest BCUT2D eigenvalue weighted by Crippen LogP contribution is -2.09. The lowest BCUT2D eigenvalue weighted by Gasteiger charge is -2.12. The fraction of sp³-hybridized carbons (Fsp3) is 0.368. The van der Waals surface area contributed by atoms with Crippen molar-refractivity contribution < 1.29 is 0 Å². The third-order valence-corrected chi connectivity index (χ3v) is 4.20. The summed E-state index contributed by atoms with van der Waals surface area (Å²) in [5, 5.41) is 3.41. The van der Waals surface area contributed by atoms with Crippen molar-refractivity contribution in [3.63, 3.8) is 0 Å². The Bertz CT molecular complexity index is 822. The number of nitrogens with one attached hydrogen (secondary N) is 1. The summed E-state index contributed by atoms with van der Waals surface area (Å²) in [4.78, 5) is 8.78. The van der Waals surface area contributed by atoms with Gasteiger partial charge in [-0.25, -0.2) is 4.98 Å². The summed E-state index contributed by atoms with van der Waals surface area (Å²) in [6, 6.07) is 10.7. The Balaban J connectivity index is 1.95. The molecule has 0 radical (unpaired) electrons. The van der Waals surface area contributed by atoms with Crippen molar-refractivity contribution in [2.45, 2.75) is 39.7 Å². The predicted molar refractivity (Wildman–Crippen MR) is 100 cm³/mol. The van der Waals surface area contributed by atoms with Crippen LogP contribution in [0, 0.1) is 0 Å². The molecule has 5 heteroatoms. The van der Waals surface area contributed by atoms with Crippen LogP contribution < -0.4 is 11.1 Å². The second-order valence-corrected chi connectivity index (χ2v) is 6.06. The van der Waals surface area contributed by atoms with Gasteiger partial charge in [0.25, 0.3) is 0 Å². The van der Waals surface area contributed by atoms with Gasteiger partial charge in [0.05, 0.1) is 5.52 Å². The van der Waals surface area contributed by atoms with E-state index in [1.807, 2.05) is 6.07 Å². The molecule has 0 saturated carbocycles. The maximum absolute atomic E-state index is 5.86. The minimum Gasteiger partial charge on any atom is -0.368 e. The maximum Gasteiger partial charge on any atom is 0.222 e. The molecule has 3 rings (SSSR count). The van der Waals surface area contributed by atoms with Crippen molar-refractivity contribution >= 4 is 22.8 Å². The van der Waals surface area contributed by atoms with E-state index in [1.54, 1.807) is 0 Å². The van der Waals surface area contributed by atoms with Gasteiger partial charge in [0.1, 0.15) is 5.52 Å². The maximum atomic E-state index is 5.86. The van der Waals surface area contributed by atoms with Crippen molar-refractivity contribution in [2.24, 2.45) is 0 Å². The Morgan fingerprint density at radius 3 is 2.75 bits per heavy atom. The molecule has 0 spiro atoms. The molecular formula is C19H25N5. The van der Waals surface area contributed by atoms with Crippen LogP contribution in [-0.2, 0) is 13.0 Å². The highest BCUT2D eigenvalue weighted by Crippen LogP contribution is 2.24. The molecule has 3 N–H and O–H groups in total. The Hall–Kier alpha value is -2.56.